The highest BCUT2D eigenvalue weighted by molar-refractivity contribution is 7.07. The number of amides is 1. The molecule has 4 heterocycles. The smallest absolute Gasteiger partial charge is 0.253 e. The number of hydrogen-bond acceptors (Lipinski definition) is 6. The van der Waals surface area contributed by atoms with E-state index in [0.29, 0.717) is 19.8 Å². The zero-order valence-corrected chi connectivity index (χ0v) is 14.2. The highest BCUT2D eigenvalue weighted by Crippen LogP contribution is 2.28. The Morgan fingerprint density at radius 3 is 3.04 bits per heavy atom. The number of ether oxygens (including phenoxy) is 2. The predicted octanol–water partition coefficient (Wildman–Crippen LogP) is 1.98. The molecule has 1 amide bonds. The fourth-order valence-corrected chi connectivity index (χ4v) is 3.96. The topological polar surface area (TPSA) is 55.2 Å². The molecule has 0 radical (unpaired) electrons. The van der Waals surface area contributed by atoms with Gasteiger partial charge in [-0.25, -0.2) is 0 Å². The van der Waals surface area contributed by atoms with Crippen molar-refractivity contribution in [1.82, 2.24) is 4.90 Å². The molecule has 0 unspecified atom stereocenters. The summed E-state index contributed by atoms with van der Waals surface area (Å²) >= 11 is 1.71. The van der Waals surface area contributed by atoms with Crippen LogP contribution >= 0.6 is 11.3 Å². The summed E-state index contributed by atoms with van der Waals surface area (Å²) in [6, 6.07) is 3.95. The quantitative estimate of drug-likeness (QED) is 0.849. The Morgan fingerprint density at radius 1 is 1.29 bits per heavy atom. The summed E-state index contributed by atoms with van der Waals surface area (Å²) in [5, 5.41) is 4.26. The molecule has 7 heteroatoms. The molecule has 1 atom stereocenters. The molecule has 0 aromatic carbocycles. The van der Waals surface area contributed by atoms with Gasteiger partial charge in [0.25, 0.3) is 5.91 Å². The first-order chi connectivity index (χ1) is 11.7. The van der Waals surface area contributed by atoms with Crippen molar-refractivity contribution < 1.29 is 18.7 Å². The second-order valence-electron chi connectivity index (χ2n) is 6.33. The van der Waals surface area contributed by atoms with Gasteiger partial charge in [-0.3, -0.25) is 9.69 Å². The van der Waals surface area contributed by atoms with Gasteiger partial charge < -0.3 is 18.8 Å². The molecule has 2 aliphatic rings. The molecule has 1 spiro atoms. The first kappa shape index (κ1) is 15.8. The molecule has 2 fully saturated rings. The summed E-state index contributed by atoms with van der Waals surface area (Å²) in [4.78, 5) is 16.3. The average molecular weight is 348 g/mol. The number of morpholine rings is 1. The summed E-state index contributed by atoms with van der Waals surface area (Å²) in [5.41, 5.74) is 1.57. The predicted molar refractivity (Wildman–Crippen MR) is 90.2 cm³/mol. The Kier molecular flexibility index (Phi) is 4.41. The Hall–Kier alpha value is -1.67. The highest BCUT2D eigenvalue weighted by atomic mass is 32.1. The van der Waals surface area contributed by atoms with E-state index in [1.54, 1.807) is 34.8 Å². The lowest BCUT2D eigenvalue weighted by atomic mass is 10.0. The molecule has 6 nitrogen and oxygen atoms in total. The maximum absolute atomic E-state index is 12.2. The Morgan fingerprint density at radius 2 is 2.25 bits per heavy atom. The van der Waals surface area contributed by atoms with Crippen LogP contribution in [0.15, 0.2) is 39.8 Å². The van der Waals surface area contributed by atoms with Crippen molar-refractivity contribution in [3.05, 3.63) is 41.0 Å². The number of nitrogens with zero attached hydrogens (tertiary/aromatic N) is 2. The van der Waals surface area contributed by atoms with E-state index in [1.807, 2.05) is 0 Å². The van der Waals surface area contributed by atoms with Crippen molar-refractivity contribution >= 4 is 22.9 Å². The molecule has 2 aromatic heterocycles. The van der Waals surface area contributed by atoms with Crippen molar-refractivity contribution in [3.63, 3.8) is 0 Å². The summed E-state index contributed by atoms with van der Waals surface area (Å²) in [6.45, 7) is 4.19. The maximum Gasteiger partial charge on any atom is 0.253 e. The third-order valence-corrected chi connectivity index (χ3v) is 5.21. The van der Waals surface area contributed by atoms with E-state index in [1.165, 1.54) is 5.56 Å². The summed E-state index contributed by atoms with van der Waals surface area (Å²) in [7, 11) is 0. The van der Waals surface area contributed by atoms with Crippen molar-refractivity contribution in [3.8, 4) is 0 Å². The zero-order chi connectivity index (χ0) is 16.4. The van der Waals surface area contributed by atoms with E-state index >= 15 is 0 Å². The van der Waals surface area contributed by atoms with Crippen molar-refractivity contribution in [2.24, 2.45) is 0 Å². The molecule has 0 aliphatic carbocycles. The Bertz CT molecular complexity index is 673. The molecule has 0 bridgehead atoms. The van der Waals surface area contributed by atoms with Gasteiger partial charge in [0.05, 0.1) is 31.7 Å². The van der Waals surface area contributed by atoms with E-state index in [0.717, 1.165) is 25.3 Å². The van der Waals surface area contributed by atoms with Crippen LogP contribution in [0.3, 0.4) is 0 Å². The van der Waals surface area contributed by atoms with Gasteiger partial charge in [0.1, 0.15) is 18.5 Å². The van der Waals surface area contributed by atoms with Crippen molar-refractivity contribution in [1.29, 1.82) is 0 Å². The molecule has 4 rings (SSSR count). The zero-order valence-electron chi connectivity index (χ0n) is 13.3. The lowest BCUT2D eigenvalue weighted by Gasteiger charge is -2.42. The molecule has 2 aromatic rings. The van der Waals surface area contributed by atoms with Crippen LogP contribution in [-0.4, -0.2) is 55.9 Å². The average Bonchev–Trinajstić information content (AvgIpc) is 3.24. The van der Waals surface area contributed by atoms with Crippen LogP contribution < -0.4 is 4.90 Å². The first-order valence-corrected chi connectivity index (χ1v) is 8.96. The summed E-state index contributed by atoms with van der Waals surface area (Å²) in [6.07, 6.45) is 3.18. The van der Waals surface area contributed by atoms with Crippen LogP contribution in [0.5, 0.6) is 0 Å². The fourth-order valence-electron chi connectivity index (χ4n) is 3.30. The van der Waals surface area contributed by atoms with E-state index < -0.39 is 5.60 Å². The Labute approximate surface area is 144 Å². The van der Waals surface area contributed by atoms with E-state index in [2.05, 4.69) is 21.7 Å². The van der Waals surface area contributed by atoms with Gasteiger partial charge in [-0.15, -0.1) is 0 Å². The van der Waals surface area contributed by atoms with Gasteiger partial charge in [-0.05, 0) is 22.4 Å². The minimum absolute atomic E-state index is 0.0457. The van der Waals surface area contributed by atoms with Crippen LogP contribution in [0.25, 0.3) is 0 Å². The highest BCUT2D eigenvalue weighted by Gasteiger charge is 2.43. The van der Waals surface area contributed by atoms with Crippen LogP contribution in [0, 0.1) is 0 Å². The molecule has 2 saturated heterocycles. The van der Waals surface area contributed by atoms with Gasteiger partial charge in [0, 0.05) is 25.7 Å². The number of hydrogen-bond donors (Lipinski definition) is 0. The molecule has 0 saturated carbocycles. The third kappa shape index (κ3) is 3.25. The molecule has 0 N–H and O–H groups in total. The second kappa shape index (κ2) is 6.68. The SMILES string of the molecule is O=C1CO[C@@]2(COCCN(Cc3ccsc3)C2)CN1c1ccoc1. The number of carbonyl (C=O) groups excluding carboxylic acids is 1. The van der Waals surface area contributed by atoms with E-state index in [4.69, 9.17) is 13.9 Å². The fraction of sp³-hybridized carbons (Fsp3) is 0.471. The molecular formula is C17H20N2O4S. The first-order valence-electron chi connectivity index (χ1n) is 8.02. The number of anilines is 1. The van der Waals surface area contributed by atoms with Crippen molar-refractivity contribution in [2.45, 2.75) is 12.1 Å². The van der Waals surface area contributed by atoms with E-state index in [-0.39, 0.29) is 12.5 Å². The lowest BCUT2D eigenvalue weighted by Crippen LogP contribution is -2.60. The van der Waals surface area contributed by atoms with Gasteiger partial charge in [0.15, 0.2) is 0 Å². The minimum Gasteiger partial charge on any atom is -0.470 e. The van der Waals surface area contributed by atoms with Gasteiger partial charge in [-0.2, -0.15) is 11.3 Å². The number of rotatable bonds is 3. The Balaban J connectivity index is 1.52. The largest absolute Gasteiger partial charge is 0.470 e. The molecular weight excluding hydrogens is 328 g/mol. The second-order valence-corrected chi connectivity index (χ2v) is 7.11. The number of furan rings is 1. The van der Waals surface area contributed by atoms with Crippen molar-refractivity contribution in [2.75, 3.05) is 44.4 Å². The monoisotopic (exact) mass is 348 g/mol. The van der Waals surface area contributed by atoms with Gasteiger partial charge in [0.2, 0.25) is 0 Å². The van der Waals surface area contributed by atoms with Crippen LogP contribution in [0.4, 0.5) is 5.69 Å². The normalized spacial score (nSPS) is 26.0. The summed E-state index contributed by atoms with van der Waals surface area (Å²) < 4.78 is 16.9. The van der Waals surface area contributed by atoms with E-state index in [9.17, 15) is 4.79 Å². The summed E-state index contributed by atoms with van der Waals surface area (Å²) in [5.74, 6) is -0.0457. The van der Waals surface area contributed by atoms with Crippen LogP contribution in [0.2, 0.25) is 0 Å². The minimum atomic E-state index is -0.502. The number of thiophene rings is 1. The number of carbonyl (C=O) groups is 1. The molecule has 128 valence electrons. The molecule has 2 aliphatic heterocycles. The standard InChI is InChI=1S/C17H20N2O4S/c20-16-9-23-17(12-19(16)15-1-4-21-8-15)11-18(3-5-22-13-17)7-14-2-6-24-10-14/h1-2,4,6,8,10H,3,5,7,9,11-13H2/t17-/m1/s1. The van der Waals surface area contributed by atoms with Gasteiger partial charge in [-0.1, -0.05) is 0 Å². The molecule has 24 heavy (non-hydrogen) atoms. The maximum atomic E-state index is 12.2. The van der Waals surface area contributed by atoms with Crippen LogP contribution in [-0.2, 0) is 20.8 Å². The van der Waals surface area contributed by atoms with Crippen LogP contribution in [0.1, 0.15) is 5.56 Å². The third-order valence-electron chi connectivity index (χ3n) is 4.48. The van der Waals surface area contributed by atoms with Gasteiger partial charge >= 0.3 is 0 Å². The lowest BCUT2D eigenvalue weighted by molar-refractivity contribution is -0.146.